The molecule has 7 atom stereocenters. The Morgan fingerprint density at radius 1 is 1.26 bits per heavy atom. The van der Waals surface area contributed by atoms with E-state index in [4.69, 9.17) is 9.47 Å². The number of hydrogen-bond donors (Lipinski definition) is 5. The number of hydrogen-bond acceptors (Lipinski definition) is 7. The number of rotatable bonds is 4. The molecule has 0 aromatic heterocycles. The fourth-order valence-corrected chi connectivity index (χ4v) is 2.99. The first-order valence-electron chi connectivity index (χ1n) is 8.04. The van der Waals surface area contributed by atoms with E-state index in [0.717, 1.165) is 5.57 Å². The van der Waals surface area contributed by atoms with Gasteiger partial charge in [-0.05, 0) is 25.7 Å². The molecule has 0 aromatic carbocycles. The van der Waals surface area contributed by atoms with Crippen molar-refractivity contribution in [3.05, 3.63) is 11.6 Å². The van der Waals surface area contributed by atoms with Crippen molar-refractivity contribution in [3.63, 3.8) is 0 Å². The van der Waals surface area contributed by atoms with E-state index in [9.17, 15) is 25.5 Å². The van der Waals surface area contributed by atoms with Crippen LogP contribution in [-0.4, -0.2) is 74.6 Å². The predicted molar refractivity (Wildman–Crippen MR) is 81.4 cm³/mol. The Morgan fingerprint density at radius 3 is 2.48 bits per heavy atom. The largest absolute Gasteiger partial charge is 0.394 e. The summed E-state index contributed by atoms with van der Waals surface area (Å²) in [4.78, 5) is 0. The van der Waals surface area contributed by atoms with Crippen molar-refractivity contribution < 1.29 is 35.0 Å². The molecule has 2 aliphatic rings. The SMILES string of the molecule is CC(C)C1=CC[C@@](C)(O)[C@@H](O[C@H]2O[C@@H](CO)[C@@H](O)[C@@H](O)[C@H]2O)C1. The zero-order chi connectivity index (χ0) is 17.4. The highest BCUT2D eigenvalue weighted by Crippen LogP contribution is 2.35. The average molecular weight is 332 g/mol. The fourth-order valence-electron chi connectivity index (χ4n) is 2.99. The minimum Gasteiger partial charge on any atom is -0.394 e. The maximum Gasteiger partial charge on any atom is 0.187 e. The van der Waals surface area contributed by atoms with Gasteiger partial charge in [0.1, 0.15) is 24.4 Å². The summed E-state index contributed by atoms with van der Waals surface area (Å²) in [5.41, 5.74) is 0.0168. The lowest BCUT2D eigenvalue weighted by atomic mass is 9.80. The van der Waals surface area contributed by atoms with Crippen molar-refractivity contribution in [2.24, 2.45) is 5.92 Å². The second-order valence-corrected chi connectivity index (χ2v) is 7.02. The molecule has 0 saturated carbocycles. The van der Waals surface area contributed by atoms with Crippen LogP contribution in [0.15, 0.2) is 11.6 Å². The van der Waals surface area contributed by atoms with Crippen LogP contribution < -0.4 is 0 Å². The van der Waals surface area contributed by atoms with E-state index in [2.05, 4.69) is 13.8 Å². The maximum absolute atomic E-state index is 10.5. The third-order valence-electron chi connectivity index (χ3n) is 4.78. The van der Waals surface area contributed by atoms with Gasteiger partial charge in [-0.15, -0.1) is 0 Å². The molecule has 7 nitrogen and oxygen atoms in total. The average Bonchev–Trinajstić information content (AvgIpc) is 2.49. The van der Waals surface area contributed by atoms with Crippen LogP contribution in [0.25, 0.3) is 0 Å². The summed E-state index contributed by atoms with van der Waals surface area (Å²) in [7, 11) is 0. The molecule has 0 spiro atoms. The Kier molecular flexibility index (Phi) is 5.84. The molecule has 2 rings (SSSR count). The molecule has 1 heterocycles. The summed E-state index contributed by atoms with van der Waals surface area (Å²) in [6, 6.07) is 0. The monoisotopic (exact) mass is 332 g/mol. The first-order chi connectivity index (χ1) is 10.7. The van der Waals surface area contributed by atoms with Crippen molar-refractivity contribution in [2.45, 2.75) is 76.0 Å². The van der Waals surface area contributed by atoms with Gasteiger partial charge in [0.2, 0.25) is 0 Å². The molecule has 134 valence electrons. The van der Waals surface area contributed by atoms with Crippen LogP contribution in [0.3, 0.4) is 0 Å². The molecule has 7 heteroatoms. The molecular formula is C16H28O7. The van der Waals surface area contributed by atoms with E-state index in [1.165, 1.54) is 0 Å². The van der Waals surface area contributed by atoms with E-state index in [0.29, 0.717) is 18.8 Å². The van der Waals surface area contributed by atoms with Gasteiger partial charge in [-0.2, -0.15) is 0 Å². The van der Waals surface area contributed by atoms with Crippen LogP contribution >= 0.6 is 0 Å². The molecule has 1 aliphatic carbocycles. The maximum atomic E-state index is 10.5. The lowest BCUT2D eigenvalue weighted by Crippen LogP contribution is -2.61. The molecule has 1 aliphatic heterocycles. The predicted octanol–water partition coefficient (Wildman–Crippen LogP) is -0.701. The van der Waals surface area contributed by atoms with Gasteiger partial charge in [0.05, 0.1) is 18.3 Å². The summed E-state index contributed by atoms with van der Waals surface area (Å²) in [6.07, 6.45) is -4.34. The summed E-state index contributed by atoms with van der Waals surface area (Å²) in [5.74, 6) is 0.312. The Balaban J connectivity index is 2.11. The minimum atomic E-state index is -1.49. The van der Waals surface area contributed by atoms with Gasteiger partial charge in [0, 0.05) is 0 Å². The van der Waals surface area contributed by atoms with Crippen LogP contribution in [0, 0.1) is 5.92 Å². The van der Waals surface area contributed by atoms with Crippen molar-refractivity contribution in [3.8, 4) is 0 Å². The summed E-state index contributed by atoms with van der Waals surface area (Å²) in [5, 5.41) is 49.4. The zero-order valence-corrected chi connectivity index (χ0v) is 13.8. The summed E-state index contributed by atoms with van der Waals surface area (Å²) < 4.78 is 11.1. The summed E-state index contributed by atoms with van der Waals surface area (Å²) in [6.45, 7) is 5.24. The highest BCUT2D eigenvalue weighted by atomic mass is 16.7. The first-order valence-corrected chi connectivity index (χ1v) is 8.04. The lowest BCUT2D eigenvalue weighted by molar-refractivity contribution is -0.323. The van der Waals surface area contributed by atoms with Gasteiger partial charge in [0.15, 0.2) is 6.29 Å². The zero-order valence-electron chi connectivity index (χ0n) is 13.8. The third kappa shape index (κ3) is 3.93. The second kappa shape index (κ2) is 7.14. The Morgan fingerprint density at radius 2 is 1.91 bits per heavy atom. The lowest BCUT2D eigenvalue weighted by Gasteiger charge is -2.44. The van der Waals surface area contributed by atoms with Crippen LogP contribution in [0.1, 0.15) is 33.6 Å². The molecule has 0 amide bonds. The Bertz CT molecular complexity index is 432. The molecular weight excluding hydrogens is 304 g/mol. The van der Waals surface area contributed by atoms with E-state index in [1.54, 1.807) is 6.92 Å². The van der Waals surface area contributed by atoms with Gasteiger partial charge in [0.25, 0.3) is 0 Å². The second-order valence-electron chi connectivity index (χ2n) is 7.02. The van der Waals surface area contributed by atoms with Gasteiger partial charge < -0.3 is 35.0 Å². The molecule has 23 heavy (non-hydrogen) atoms. The van der Waals surface area contributed by atoms with Crippen LogP contribution in [0.5, 0.6) is 0 Å². The van der Waals surface area contributed by atoms with E-state index in [-0.39, 0.29) is 0 Å². The van der Waals surface area contributed by atoms with Crippen LogP contribution in [-0.2, 0) is 9.47 Å². The van der Waals surface area contributed by atoms with Crippen molar-refractivity contribution in [2.75, 3.05) is 6.61 Å². The van der Waals surface area contributed by atoms with E-state index >= 15 is 0 Å². The summed E-state index contributed by atoms with van der Waals surface area (Å²) >= 11 is 0. The van der Waals surface area contributed by atoms with Gasteiger partial charge in [-0.3, -0.25) is 0 Å². The Hall–Kier alpha value is -0.540. The molecule has 0 unspecified atom stereocenters. The molecule has 0 radical (unpaired) electrons. The topological polar surface area (TPSA) is 120 Å². The highest BCUT2D eigenvalue weighted by molar-refractivity contribution is 5.15. The van der Waals surface area contributed by atoms with Gasteiger partial charge in [-0.25, -0.2) is 0 Å². The van der Waals surface area contributed by atoms with Crippen molar-refractivity contribution in [1.29, 1.82) is 0 Å². The third-order valence-corrected chi connectivity index (χ3v) is 4.78. The first kappa shape index (κ1) is 18.8. The molecule has 1 fully saturated rings. The molecule has 5 N–H and O–H groups in total. The molecule has 1 saturated heterocycles. The highest BCUT2D eigenvalue weighted by Gasteiger charge is 2.47. The smallest absolute Gasteiger partial charge is 0.187 e. The Labute approximate surface area is 136 Å². The van der Waals surface area contributed by atoms with Gasteiger partial charge in [-0.1, -0.05) is 25.5 Å². The minimum absolute atomic E-state index is 0.312. The quantitative estimate of drug-likeness (QED) is 0.432. The normalized spacial score (nSPS) is 45.2. The van der Waals surface area contributed by atoms with E-state index in [1.807, 2.05) is 6.08 Å². The fraction of sp³-hybridized carbons (Fsp3) is 0.875. The van der Waals surface area contributed by atoms with Crippen molar-refractivity contribution in [1.82, 2.24) is 0 Å². The standard InChI is InChI=1S/C16H28O7/c1-8(2)9-4-5-16(3,21)11(6-9)23-15-14(20)13(19)12(18)10(7-17)22-15/h4,8,10-15,17-21H,5-7H2,1-3H3/t10-,11-,12+,13+,14+,15+,16+/m0/s1. The molecule has 0 aromatic rings. The number of aliphatic hydroxyl groups is 5. The van der Waals surface area contributed by atoms with E-state index < -0.39 is 49.0 Å². The van der Waals surface area contributed by atoms with Gasteiger partial charge >= 0.3 is 0 Å². The van der Waals surface area contributed by atoms with Crippen molar-refractivity contribution >= 4 is 0 Å². The number of aliphatic hydroxyl groups excluding tert-OH is 4. The van der Waals surface area contributed by atoms with Crippen LogP contribution in [0.4, 0.5) is 0 Å². The van der Waals surface area contributed by atoms with Crippen LogP contribution in [0.2, 0.25) is 0 Å². The molecule has 0 bridgehead atoms. The number of ether oxygens (including phenoxy) is 2.